The Kier molecular flexibility index (Phi) is 5.43. The number of para-hydroxylation sites is 1. The molecule has 3 aromatic rings. The molecule has 2 aromatic carbocycles. The van der Waals surface area contributed by atoms with E-state index in [4.69, 9.17) is 5.73 Å². The lowest BCUT2D eigenvalue weighted by atomic mass is 9.76. The number of anilines is 1. The topological polar surface area (TPSA) is 58.1 Å². The number of hydrogen-bond donors (Lipinski definition) is 2. The molecule has 0 radical (unpaired) electrons. The van der Waals surface area contributed by atoms with Crippen LogP contribution in [0.15, 0.2) is 82.7 Å². The van der Waals surface area contributed by atoms with Gasteiger partial charge in [0.15, 0.2) is 0 Å². The summed E-state index contributed by atoms with van der Waals surface area (Å²) in [5, 5.41) is 6.50. The van der Waals surface area contributed by atoms with Crippen molar-refractivity contribution in [2.45, 2.75) is 26.2 Å². The van der Waals surface area contributed by atoms with Gasteiger partial charge in [0.25, 0.3) is 0 Å². The van der Waals surface area contributed by atoms with E-state index in [0.29, 0.717) is 5.96 Å². The van der Waals surface area contributed by atoms with Crippen molar-refractivity contribution < 1.29 is 9.37 Å². The number of thiophene rings is 1. The Morgan fingerprint density at radius 1 is 1.06 bits per heavy atom. The Labute approximate surface area is 196 Å². The lowest BCUT2D eigenvalue weighted by molar-refractivity contribution is -0.488. The molecule has 0 saturated carbocycles. The molecule has 1 atom stereocenters. The fourth-order valence-corrected chi connectivity index (χ4v) is 6.59. The number of rotatable bonds is 2. The van der Waals surface area contributed by atoms with Crippen molar-refractivity contribution >= 4 is 39.9 Å². The van der Waals surface area contributed by atoms with E-state index in [0.717, 1.165) is 34.8 Å². The number of guanidine groups is 1. The zero-order valence-electron chi connectivity index (χ0n) is 18.2. The average Bonchev–Trinajstić information content (AvgIpc) is 3.26. The highest BCUT2D eigenvalue weighted by molar-refractivity contribution is 8.17. The molecule has 2 aliphatic heterocycles. The largest absolute Gasteiger partial charge is 0.353 e. The van der Waals surface area contributed by atoms with Gasteiger partial charge in [-0.25, -0.2) is 9.89 Å². The van der Waals surface area contributed by atoms with Crippen LogP contribution in [0.5, 0.6) is 0 Å². The highest BCUT2D eigenvalue weighted by Crippen LogP contribution is 2.50. The summed E-state index contributed by atoms with van der Waals surface area (Å²) in [6.45, 7) is 5.29. The van der Waals surface area contributed by atoms with Gasteiger partial charge in [0, 0.05) is 16.4 Å². The van der Waals surface area contributed by atoms with Crippen LogP contribution in [0.4, 0.5) is 5.69 Å². The van der Waals surface area contributed by atoms with Crippen molar-refractivity contribution in [1.82, 2.24) is 0 Å². The third kappa shape index (κ3) is 3.89. The third-order valence-corrected chi connectivity index (χ3v) is 7.99. The van der Waals surface area contributed by atoms with Gasteiger partial charge in [-0.3, -0.25) is 10.5 Å². The molecule has 5 rings (SSSR count). The van der Waals surface area contributed by atoms with Crippen LogP contribution in [-0.4, -0.2) is 22.2 Å². The third-order valence-electron chi connectivity index (χ3n) is 5.97. The Bertz CT molecular complexity index is 1230. The summed E-state index contributed by atoms with van der Waals surface area (Å²) >= 11 is 3.06. The van der Waals surface area contributed by atoms with E-state index in [-0.39, 0.29) is 16.4 Å². The number of nitrogens with two attached hydrogens (primary N) is 1. The monoisotopic (exact) mass is 460 g/mol. The van der Waals surface area contributed by atoms with E-state index < -0.39 is 0 Å². The molecule has 0 amide bonds. The molecular formula is C26H26N3OS2+. The number of carbonyl (C=O) groups is 1. The number of benzene rings is 2. The van der Waals surface area contributed by atoms with Gasteiger partial charge in [0.05, 0.1) is 12.2 Å². The fourth-order valence-electron chi connectivity index (χ4n) is 4.64. The molecule has 0 aliphatic carbocycles. The molecule has 6 heteroatoms. The van der Waals surface area contributed by atoms with Gasteiger partial charge in [-0.1, -0.05) is 62.4 Å². The van der Waals surface area contributed by atoms with E-state index >= 15 is 0 Å². The number of nitrogens with one attached hydrogen (secondary N) is 1. The number of allylic oxidation sites excluding steroid dienone is 1. The van der Waals surface area contributed by atoms with Crippen molar-refractivity contribution in [3.63, 3.8) is 0 Å². The second-order valence-corrected chi connectivity index (χ2v) is 11.0. The fraction of sp³-hybridized carbons (Fsp3) is 0.231. The van der Waals surface area contributed by atoms with Crippen molar-refractivity contribution in [3.05, 3.63) is 98.7 Å². The first-order valence-corrected chi connectivity index (χ1v) is 12.4. The summed E-state index contributed by atoms with van der Waals surface area (Å²) in [4.78, 5) is 14.7. The lowest BCUT2D eigenvalue weighted by Crippen LogP contribution is -2.42. The van der Waals surface area contributed by atoms with Crippen LogP contribution < -0.4 is 11.1 Å². The first-order chi connectivity index (χ1) is 15.4. The summed E-state index contributed by atoms with van der Waals surface area (Å²) in [5.74, 6) is 0.597. The number of hydrogen-bond acceptors (Lipinski definition) is 3. The molecule has 0 unspecified atom stereocenters. The predicted molar refractivity (Wildman–Crippen MR) is 134 cm³/mol. The van der Waals surface area contributed by atoms with Crippen LogP contribution >= 0.6 is 23.1 Å². The first-order valence-electron chi connectivity index (χ1n) is 10.7. The number of thioether (sulfide) groups is 1. The normalized spacial score (nSPS) is 21.4. The minimum atomic E-state index is 0.000220. The SMILES string of the molecule is CC1(C)CC2=C(SC(=O)c3ccccc3[C@H]2c2cccs2)[N+](=C(N)Nc2ccccc2)C1. The quantitative estimate of drug-likeness (QED) is 0.372. The Balaban J connectivity index is 1.72. The first kappa shape index (κ1) is 21.0. The summed E-state index contributed by atoms with van der Waals surface area (Å²) in [7, 11) is 0. The van der Waals surface area contributed by atoms with Crippen LogP contribution in [0.1, 0.15) is 47.0 Å². The molecule has 1 aromatic heterocycles. The molecule has 0 bridgehead atoms. The molecule has 3 heterocycles. The smallest absolute Gasteiger partial charge is 0.290 e. The van der Waals surface area contributed by atoms with Crippen LogP contribution in [0.2, 0.25) is 0 Å². The molecule has 0 fully saturated rings. The van der Waals surface area contributed by atoms with E-state index in [1.54, 1.807) is 11.3 Å². The molecule has 4 nitrogen and oxygen atoms in total. The van der Waals surface area contributed by atoms with Gasteiger partial charge in [-0.05, 0) is 58.3 Å². The van der Waals surface area contributed by atoms with Gasteiger partial charge in [-0.2, -0.15) is 0 Å². The Morgan fingerprint density at radius 3 is 2.56 bits per heavy atom. The number of nitrogens with zero attached hydrogens (tertiary/aromatic N) is 1. The molecule has 32 heavy (non-hydrogen) atoms. The van der Waals surface area contributed by atoms with Crippen molar-refractivity contribution in [1.29, 1.82) is 0 Å². The lowest BCUT2D eigenvalue weighted by Gasteiger charge is -2.36. The van der Waals surface area contributed by atoms with E-state index in [9.17, 15) is 4.79 Å². The highest BCUT2D eigenvalue weighted by Gasteiger charge is 2.42. The summed E-state index contributed by atoms with van der Waals surface area (Å²) in [5.41, 5.74) is 10.7. The minimum absolute atomic E-state index is 0.000220. The van der Waals surface area contributed by atoms with Gasteiger partial charge >= 0.3 is 5.96 Å². The van der Waals surface area contributed by atoms with Gasteiger partial charge < -0.3 is 0 Å². The standard InChI is InChI=1S/C26H25N3OS2/c1-26(2)15-20-22(21-13-8-14-31-21)18-11-6-7-12-19(18)24(30)32-23(20)29(16-26)25(27)28-17-9-4-3-5-10-17/h3-14,22H,15-16H2,1-2H3,(H2,27,28)/p+1/t22-/m1/s1. The minimum Gasteiger partial charge on any atom is -0.290 e. The maximum atomic E-state index is 13.4. The highest BCUT2D eigenvalue weighted by atomic mass is 32.2. The van der Waals surface area contributed by atoms with Crippen LogP contribution in [0.25, 0.3) is 0 Å². The zero-order chi connectivity index (χ0) is 22.3. The molecule has 162 valence electrons. The Morgan fingerprint density at radius 2 is 1.81 bits per heavy atom. The summed E-state index contributed by atoms with van der Waals surface area (Å²) in [6.07, 6.45) is 0.911. The van der Waals surface area contributed by atoms with Crippen LogP contribution in [0.3, 0.4) is 0 Å². The average molecular weight is 461 g/mol. The van der Waals surface area contributed by atoms with E-state index in [1.807, 2.05) is 48.5 Å². The maximum Gasteiger partial charge on any atom is 0.353 e. The molecule has 0 saturated heterocycles. The second-order valence-electron chi connectivity index (χ2n) is 9.06. The second kappa shape index (κ2) is 8.26. The Hall–Kier alpha value is -2.83. The molecule has 3 N–H and O–H groups in total. The van der Waals surface area contributed by atoms with Gasteiger partial charge in [0.2, 0.25) is 5.12 Å². The summed E-state index contributed by atoms with van der Waals surface area (Å²) in [6, 6.07) is 22.2. The molecule has 2 aliphatic rings. The van der Waals surface area contributed by atoms with Gasteiger partial charge in [0.1, 0.15) is 5.03 Å². The van der Waals surface area contributed by atoms with Crippen molar-refractivity contribution in [3.8, 4) is 0 Å². The van der Waals surface area contributed by atoms with Crippen molar-refractivity contribution in [2.75, 3.05) is 11.9 Å². The van der Waals surface area contributed by atoms with Gasteiger partial charge in [-0.15, -0.1) is 11.3 Å². The molecular weight excluding hydrogens is 434 g/mol. The number of fused-ring (bicyclic) bond motifs is 1. The summed E-state index contributed by atoms with van der Waals surface area (Å²) < 4.78 is 2.11. The van der Waals surface area contributed by atoms with E-state index in [1.165, 1.54) is 22.2 Å². The maximum absolute atomic E-state index is 13.4. The predicted octanol–water partition coefficient (Wildman–Crippen LogP) is 5.85. The zero-order valence-corrected chi connectivity index (χ0v) is 19.8. The van der Waals surface area contributed by atoms with Crippen molar-refractivity contribution in [2.24, 2.45) is 11.1 Å². The van der Waals surface area contributed by atoms with E-state index in [2.05, 4.69) is 47.3 Å². The van der Waals surface area contributed by atoms with Crippen LogP contribution in [-0.2, 0) is 0 Å². The molecule has 0 spiro atoms. The van der Waals surface area contributed by atoms with Crippen LogP contribution in [0, 0.1) is 5.41 Å². The number of carbonyl (C=O) groups excluding carboxylic acids is 1.